The summed E-state index contributed by atoms with van der Waals surface area (Å²) in [5.41, 5.74) is 1.91. The minimum absolute atomic E-state index is 0.0511. The van der Waals surface area contributed by atoms with Crippen molar-refractivity contribution in [2.75, 3.05) is 7.05 Å². The number of hydrogen-bond donors (Lipinski definition) is 0. The number of nitrogens with zero attached hydrogens (tertiary/aromatic N) is 1. The van der Waals surface area contributed by atoms with E-state index in [9.17, 15) is 9.00 Å². The fourth-order valence-electron chi connectivity index (χ4n) is 3.04. The van der Waals surface area contributed by atoms with Crippen LogP contribution in [0.1, 0.15) is 45.7 Å². The van der Waals surface area contributed by atoms with Crippen LogP contribution in [0.15, 0.2) is 47.4 Å². The van der Waals surface area contributed by atoms with E-state index in [2.05, 4.69) is 20.8 Å². The topological polar surface area (TPSA) is 55.8 Å². The lowest BCUT2D eigenvalue weighted by Gasteiger charge is -2.20. The number of ether oxygens (including phenoxy) is 2. The molecule has 2 aromatic rings. The van der Waals surface area contributed by atoms with Crippen LogP contribution in [-0.2, 0) is 21.9 Å². The van der Waals surface area contributed by atoms with E-state index >= 15 is 0 Å². The molecule has 0 bridgehead atoms. The van der Waals surface area contributed by atoms with Crippen LogP contribution in [0.2, 0.25) is 0 Å². The molecule has 0 saturated carbocycles. The highest BCUT2D eigenvalue weighted by Gasteiger charge is 2.33. The number of para-hydroxylation sites is 1. The highest BCUT2D eigenvalue weighted by Crippen LogP contribution is 2.42. The first kappa shape index (κ1) is 21.7. The summed E-state index contributed by atoms with van der Waals surface area (Å²) in [5, 5.41) is 0. The second-order valence-electron chi connectivity index (χ2n) is 8.72. The van der Waals surface area contributed by atoms with E-state index in [4.69, 9.17) is 9.47 Å². The monoisotopic (exact) mass is 433 g/mol. The van der Waals surface area contributed by atoms with E-state index in [-0.39, 0.29) is 11.0 Å². The first-order chi connectivity index (χ1) is 13.5. The highest BCUT2D eigenvalue weighted by molar-refractivity contribution is 8.68. The predicted molar refractivity (Wildman–Crippen MR) is 118 cm³/mol. The number of fused-ring (bicyclic) bond motifs is 1. The third kappa shape index (κ3) is 5.14. The van der Waals surface area contributed by atoms with Crippen molar-refractivity contribution in [2.24, 2.45) is 0 Å². The van der Waals surface area contributed by atoms with Crippen molar-refractivity contribution in [3.63, 3.8) is 0 Å². The zero-order chi connectivity index (χ0) is 21.4. The van der Waals surface area contributed by atoms with E-state index < -0.39 is 16.1 Å². The molecule has 0 spiro atoms. The molecule has 5 nitrogen and oxygen atoms in total. The SMILES string of the molecule is CN(C(=O)Oc1cccc2c1OC(C)(C)C2)S(=O)Sc1ccc(C(C)(C)C)cc1. The smallest absolute Gasteiger partial charge is 0.427 e. The van der Waals surface area contributed by atoms with Crippen molar-refractivity contribution in [2.45, 2.75) is 57.0 Å². The Morgan fingerprint density at radius 1 is 1.17 bits per heavy atom. The zero-order valence-electron chi connectivity index (χ0n) is 17.6. The summed E-state index contributed by atoms with van der Waals surface area (Å²) in [7, 11) is 0.936. The lowest BCUT2D eigenvalue weighted by atomic mass is 9.87. The molecule has 0 N–H and O–H groups in total. The van der Waals surface area contributed by atoms with Crippen molar-refractivity contribution in [1.82, 2.24) is 4.31 Å². The van der Waals surface area contributed by atoms with Gasteiger partial charge in [0.1, 0.15) is 5.60 Å². The van der Waals surface area contributed by atoms with Gasteiger partial charge < -0.3 is 9.47 Å². The number of benzene rings is 2. The Bertz CT molecular complexity index is 933. The molecule has 29 heavy (non-hydrogen) atoms. The molecule has 1 heterocycles. The summed E-state index contributed by atoms with van der Waals surface area (Å²) in [6.07, 6.45) is 0.0551. The van der Waals surface area contributed by atoms with Crippen molar-refractivity contribution in [1.29, 1.82) is 0 Å². The average Bonchev–Trinajstić information content (AvgIpc) is 2.95. The summed E-state index contributed by atoms with van der Waals surface area (Å²) < 4.78 is 25.1. The Kier molecular flexibility index (Phi) is 6.01. The van der Waals surface area contributed by atoms with Gasteiger partial charge >= 0.3 is 6.09 Å². The molecule has 1 amide bonds. The van der Waals surface area contributed by atoms with Gasteiger partial charge in [-0.3, -0.25) is 0 Å². The molecular weight excluding hydrogens is 406 g/mol. The summed E-state index contributed by atoms with van der Waals surface area (Å²) >= 11 is 0. The summed E-state index contributed by atoms with van der Waals surface area (Å²) in [6.45, 7) is 10.4. The zero-order valence-corrected chi connectivity index (χ0v) is 19.3. The first-order valence-corrected chi connectivity index (χ1v) is 11.9. The molecule has 1 unspecified atom stereocenters. The first-order valence-electron chi connectivity index (χ1n) is 9.43. The largest absolute Gasteiger partial charge is 0.483 e. The number of amides is 1. The molecule has 0 aliphatic carbocycles. The number of carbonyl (C=O) groups excluding carboxylic acids is 1. The maximum absolute atomic E-state index is 12.6. The quantitative estimate of drug-likeness (QED) is 0.596. The van der Waals surface area contributed by atoms with Crippen LogP contribution in [0.4, 0.5) is 4.79 Å². The van der Waals surface area contributed by atoms with Gasteiger partial charge in [0, 0.05) is 23.9 Å². The Labute approximate surface area is 178 Å². The van der Waals surface area contributed by atoms with Crippen LogP contribution in [0.5, 0.6) is 11.5 Å². The van der Waals surface area contributed by atoms with Gasteiger partial charge in [-0.1, -0.05) is 45.0 Å². The third-order valence-corrected chi connectivity index (χ3v) is 7.50. The van der Waals surface area contributed by atoms with E-state index in [0.29, 0.717) is 11.5 Å². The Hall–Kier alpha value is -1.99. The summed E-state index contributed by atoms with van der Waals surface area (Å²) in [6, 6.07) is 13.3. The van der Waals surface area contributed by atoms with Gasteiger partial charge in [-0.25, -0.2) is 13.3 Å². The van der Waals surface area contributed by atoms with Gasteiger partial charge in [-0.2, -0.15) is 0 Å². The molecule has 1 aliphatic heterocycles. The van der Waals surface area contributed by atoms with Crippen LogP contribution in [-0.4, -0.2) is 27.3 Å². The predicted octanol–water partition coefficient (Wildman–Crippen LogP) is 5.50. The minimum atomic E-state index is -1.63. The Morgan fingerprint density at radius 2 is 1.83 bits per heavy atom. The van der Waals surface area contributed by atoms with E-state index in [1.165, 1.54) is 12.6 Å². The Morgan fingerprint density at radius 3 is 2.45 bits per heavy atom. The van der Waals surface area contributed by atoms with E-state index in [1.807, 2.05) is 50.2 Å². The number of hydrogen-bond acceptors (Lipinski definition) is 5. The second-order valence-corrected chi connectivity index (χ2v) is 11.7. The molecule has 0 fully saturated rings. The fraction of sp³-hybridized carbons (Fsp3) is 0.409. The molecule has 3 rings (SSSR count). The van der Waals surface area contributed by atoms with Crippen molar-refractivity contribution in [3.8, 4) is 11.5 Å². The second kappa shape index (κ2) is 8.03. The van der Waals surface area contributed by atoms with Crippen LogP contribution in [0, 0.1) is 0 Å². The minimum Gasteiger partial charge on any atom is -0.483 e. The van der Waals surface area contributed by atoms with Crippen LogP contribution in [0.3, 0.4) is 0 Å². The van der Waals surface area contributed by atoms with Crippen molar-refractivity contribution >= 4 is 26.9 Å². The van der Waals surface area contributed by atoms with Gasteiger partial charge in [0.2, 0.25) is 0 Å². The number of rotatable bonds is 4. The molecule has 0 aromatic heterocycles. The van der Waals surface area contributed by atoms with Gasteiger partial charge in [0.15, 0.2) is 21.5 Å². The average molecular weight is 434 g/mol. The molecule has 7 heteroatoms. The van der Waals surface area contributed by atoms with Crippen molar-refractivity contribution < 1.29 is 18.5 Å². The Balaban J connectivity index is 1.65. The lowest BCUT2D eigenvalue weighted by molar-refractivity contribution is 0.131. The summed E-state index contributed by atoms with van der Waals surface area (Å²) in [5.74, 6) is 0.928. The van der Waals surface area contributed by atoms with Crippen LogP contribution >= 0.6 is 10.8 Å². The maximum atomic E-state index is 12.6. The molecule has 1 aliphatic rings. The normalized spacial score (nSPS) is 15.9. The summed E-state index contributed by atoms with van der Waals surface area (Å²) in [4.78, 5) is 13.4. The van der Waals surface area contributed by atoms with E-state index in [1.54, 1.807) is 6.07 Å². The standard InChI is InChI=1S/C22H27NO4S2/c1-21(2,3)16-10-12-17(13-11-16)28-29(25)23(6)20(24)26-18-9-7-8-15-14-22(4,5)27-19(15)18/h7-13H,14H2,1-6H3. The van der Waals surface area contributed by atoms with Gasteiger partial charge in [-0.15, -0.1) is 0 Å². The third-order valence-electron chi connectivity index (χ3n) is 4.62. The van der Waals surface area contributed by atoms with Gasteiger partial charge in [0.05, 0.1) is 0 Å². The van der Waals surface area contributed by atoms with Crippen LogP contribution in [0.25, 0.3) is 0 Å². The van der Waals surface area contributed by atoms with E-state index in [0.717, 1.165) is 32.0 Å². The lowest BCUT2D eigenvalue weighted by Crippen LogP contribution is -2.30. The molecule has 156 valence electrons. The molecule has 2 aromatic carbocycles. The van der Waals surface area contributed by atoms with Gasteiger partial charge in [0.25, 0.3) is 0 Å². The van der Waals surface area contributed by atoms with Crippen molar-refractivity contribution in [3.05, 3.63) is 53.6 Å². The van der Waals surface area contributed by atoms with Crippen LogP contribution < -0.4 is 9.47 Å². The fourth-order valence-corrected chi connectivity index (χ4v) is 5.06. The molecule has 0 radical (unpaired) electrons. The molecule has 1 atom stereocenters. The maximum Gasteiger partial charge on any atom is 0.427 e. The highest BCUT2D eigenvalue weighted by atomic mass is 33.1. The number of carbonyl (C=O) groups is 1. The van der Waals surface area contributed by atoms with Gasteiger partial charge in [-0.05, 0) is 53.8 Å². The molecule has 0 saturated heterocycles. The molecular formula is C22H27NO4S2.